The molecule has 4 nitrogen and oxygen atoms in total. The van der Waals surface area contributed by atoms with Crippen molar-refractivity contribution in [1.82, 2.24) is 14.5 Å². The molecule has 1 aromatic heterocycles. The third-order valence-corrected chi connectivity index (χ3v) is 6.64. The van der Waals surface area contributed by atoms with Gasteiger partial charge in [0.1, 0.15) is 0 Å². The summed E-state index contributed by atoms with van der Waals surface area (Å²) in [7, 11) is 0. The fraction of sp³-hybridized carbons (Fsp3) is 0.500. The Morgan fingerprint density at radius 2 is 2.19 bits per heavy atom. The predicted octanol–water partition coefficient (Wildman–Crippen LogP) is 4.10. The van der Waals surface area contributed by atoms with Gasteiger partial charge in [0.05, 0.1) is 5.52 Å². The molecule has 2 atom stereocenters. The molecule has 144 valence electrons. The van der Waals surface area contributed by atoms with Crippen LogP contribution in [0.15, 0.2) is 37.1 Å². The Morgan fingerprint density at radius 1 is 1.37 bits per heavy atom. The van der Waals surface area contributed by atoms with Crippen LogP contribution in [-0.4, -0.2) is 51.8 Å². The average molecular weight is 383 g/mol. The van der Waals surface area contributed by atoms with Crippen LogP contribution in [0.2, 0.25) is 0 Å². The molecule has 1 fully saturated rings. The van der Waals surface area contributed by atoms with Crippen molar-refractivity contribution in [2.75, 3.05) is 31.6 Å². The Hall–Kier alpha value is -1.85. The zero-order valence-electron chi connectivity index (χ0n) is 16.4. The van der Waals surface area contributed by atoms with E-state index in [2.05, 4.69) is 64.7 Å². The minimum absolute atomic E-state index is 0.584. The van der Waals surface area contributed by atoms with E-state index in [1.165, 1.54) is 41.4 Å². The van der Waals surface area contributed by atoms with Gasteiger partial charge in [0.15, 0.2) is 5.11 Å². The van der Waals surface area contributed by atoms with Crippen molar-refractivity contribution in [3.8, 4) is 0 Å². The standard InChI is InChI=1S/C22H30N4S/c1-4-12-25-13-8-10-17-18-9-7-11-19-21(18)16(14-20(17)25)15-26(19)23-22(27)24(5-2)6-3/h4,7,9,11,15,17,20H,1,5-6,8,10,12-14H2,2-3H3,(H,23,27)/t17-,20-/m1/s1. The minimum atomic E-state index is 0.584. The lowest BCUT2D eigenvalue weighted by atomic mass is 9.75. The number of nitrogens with zero attached hydrogens (tertiary/aromatic N) is 3. The molecule has 0 saturated carbocycles. The van der Waals surface area contributed by atoms with Crippen LogP contribution in [0.5, 0.6) is 0 Å². The molecule has 2 aromatic rings. The molecule has 0 unspecified atom stereocenters. The van der Waals surface area contributed by atoms with Gasteiger partial charge < -0.3 is 4.90 Å². The lowest BCUT2D eigenvalue weighted by molar-refractivity contribution is 0.139. The second-order valence-corrected chi connectivity index (χ2v) is 8.05. The van der Waals surface area contributed by atoms with Crippen molar-refractivity contribution in [2.45, 2.75) is 45.1 Å². The van der Waals surface area contributed by atoms with Gasteiger partial charge in [-0.2, -0.15) is 0 Å². The summed E-state index contributed by atoms with van der Waals surface area (Å²) < 4.78 is 2.14. The molecule has 4 rings (SSSR count). The van der Waals surface area contributed by atoms with Crippen molar-refractivity contribution < 1.29 is 0 Å². The van der Waals surface area contributed by atoms with Crippen molar-refractivity contribution >= 4 is 28.2 Å². The first-order valence-electron chi connectivity index (χ1n) is 10.2. The van der Waals surface area contributed by atoms with E-state index >= 15 is 0 Å². The molecule has 27 heavy (non-hydrogen) atoms. The number of aromatic nitrogens is 1. The molecule has 1 aromatic carbocycles. The van der Waals surface area contributed by atoms with Gasteiger partial charge in [-0.25, -0.2) is 0 Å². The van der Waals surface area contributed by atoms with Crippen LogP contribution in [0.3, 0.4) is 0 Å². The summed E-state index contributed by atoms with van der Waals surface area (Å²) in [5.74, 6) is 0.625. The van der Waals surface area contributed by atoms with E-state index < -0.39 is 0 Å². The second-order valence-electron chi connectivity index (χ2n) is 7.66. The number of benzene rings is 1. The first-order chi connectivity index (χ1) is 13.2. The van der Waals surface area contributed by atoms with Gasteiger partial charge in [0.25, 0.3) is 0 Å². The fourth-order valence-corrected chi connectivity index (χ4v) is 5.37. The van der Waals surface area contributed by atoms with Crippen LogP contribution in [0.1, 0.15) is 43.7 Å². The number of likely N-dealkylation sites (tertiary alicyclic amines) is 1. The van der Waals surface area contributed by atoms with Gasteiger partial charge in [-0.15, -0.1) is 6.58 Å². The van der Waals surface area contributed by atoms with E-state index in [0.29, 0.717) is 12.0 Å². The maximum absolute atomic E-state index is 5.64. The van der Waals surface area contributed by atoms with Gasteiger partial charge in [0, 0.05) is 43.2 Å². The highest BCUT2D eigenvalue weighted by Gasteiger charge is 2.37. The molecule has 2 aliphatic rings. The monoisotopic (exact) mass is 382 g/mol. The van der Waals surface area contributed by atoms with E-state index in [-0.39, 0.29) is 0 Å². The Labute approximate surface area is 167 Å². The summed E-state index contributed by atoms with van der Waals surface area (Å²) in [5, 5.41) is 2.23. The van der Waals surface area contributed by atoms with Gasteiger partial charge in [-0.3, -0.25) is 15.0 Å². The Kier molecular flexibility index (Phi) is 5.24. The highest BCUT2D eigenvalue weighted by atomic mass is 32.1. The van der Waals surface area contributed by atoms with Crippen molar-refractivity contribution in [3.05, 3.63) is 48.2 Å². The normalized spacial score (nSPS) is 21.7. The van der Waals surface area contributed by atoms with Crippen molar-refractivity contribution in [2.24, 2.45) is 0 Å². The van der Waals surface area contributed by atoms with Gasteiger partial charge in [-0.05, 0) is 69.1 Å². The molecular weight excluding hydrogens is 352 g/mol. The van der Waals surface area contributed by atoms with Crippen molar-refractivity contribution in [1.29, 1.82) is 0 Å². The summed E-state index contributed by atoms with van der Waals surface area (Å²) in [5.41, 5.74) is 7.66. The largest absolute Gasteiger partial charge is 0.348 e. The lowest BCUT2D eigenvalue weighted by Crippen LogP contribution is -2.46. The number of piperidine rings is 1. The van der Waals surface area contributed by atoms with E-state index in [1.54, 1.807) is 0 Å². The van der Waals surface area contributed by atoms with E-state index in [1.807, 2.05) is 6.08 Å². The van der Waals surface area contributed by atoms with E-state index in [9.17, 15) is 0 Å². The summed E-state index contributed by atoms with van der Waals surface area (Å²) in [6.45, 7) is 12.3. The molecule has 1 saturated heterocycles. The number of hydrogen-bond acceptors (Lipinski definition) is 2. The molecule has 1 aliphatic heterocycles. The smallest absolute Gasteiger partial charge is 0.188 e. The zero-order chi connectivity index (χ0) is 19.0. The quantitative estimate of drug-likeness (QED) is 0.621. The van der Waals surface area contributed by atoms with E-state index in [4.69, 9.17) is 12.2 Å². The number of fused-ring (bicyclic) bond motifs is 2. The first kappa shape index (κ1) is 18.5. The molecule has 0 amide bonds. The molecular formula is C22H30N4S. The van der Waals surface area contributed by atoms with Crippen LogP contribution in [0.25, 0.3) is 10.9 Å². The van der Waals surface area contributed by atoms with Crippen LogP contribution < -0.4 is 5.43 Å². The molecule has 2 heterocycles. The number of hydrogen-bond donors (Lipinski definition) is 1. The third kappa shape index (κ3) is 3.17. The zero-order valence-corrected chi connectivity index (χ0v) is 17.3. The van der Waals surface area contributed by atoms with Gasteiger partial charge in [0.2, 0.25) is 0 Å². The molecule has 0 bridgehead atoms. The number of nitrogens with one attached hydrogen (secondary N) is 1. The third-order valence-electron chi connectivity index (χ3n) is 6.29. The maximum Gasteiger partial charge on any atom is 0.188 e. The highest BCUT2D eigenvalue weighted by molar-refractivity contribution is 7.80. The highest BCUT2D eigenvalue weighted by Crippen LogP contribution is 2.43. The predicted molar refractivity (Wildman–Crippen MR) is 118 cm³/mol. The SMILES string of the molecule is C=CCN1CCC[C@@H]2c3cccc4c3c(cn4NC(=S)N(CC)CC)C[C@H]21. The topological polar surface area (TPSA) is 23.4 Å². The number of rotatable bonds is 5. The van der Waals surface area contributed by atoms with Crippen LogP contribution >= 0.6 is 12.2 Å². The summed E-state index contributed by atoms with van der Waals surface area (Å²) in [6, 6.07) is 7.34. The van der Waals surface area contributed by atoms with Crippen LogP contribution in [0, 0.1) is 0 Å². The van der Waals surface area contributed by atoms with Crippen LogP contribution in [-0.2, 0) is 6.42 Å². The fourth-order valence-electron chi connectivity index (χ4n) is 5.02. The lowest BCUT2D eigenvalue weighted by Gasteiger charge is -2.43. The molecule has 0 radical (unpaired) electrons. The van der Waals surface area contributed by atoms with Crippen LogP contribution in [0.4, 0.5) is 0 Å². The van der Waals surface area contributed by atoms with E-state index in [0.717, 1.165) is 31.2 Å². The first-order valence-corrected chi connectivity index (χ1v) is 10.6. The summed E-state index contributed by atoms with van der Waals surface area (Å²) in [4.78, 5) is 4.80. The Bertz CT molecular complexity index is 851. The molecule has 0 spiro atoms. The minimum Gasteiger partial charge on any atom is -0.348 e. The second kappa shape index (κ2) is 7.64. The number of thiocarbonyl (C=S) groups is 1. The molecule has 1 N–H and O–H groups in total. The summed E-state index contributed by atoms with van der Waals surface area (Å²) in [6.07, 6.45) is 7.98. The van der Waals surface area contributed by atoms with Crippen molar-refractivity contribution in [3.63, 3.8) is 0 Å². The average Bonchev–Trinajstić information content (AvgIpc) is 3.02. The summed E-state index contributed by atoms with van der Waals surface area (Å²) >= 11 is 5.64. The maximum atomic E-state index is 5.64. The van der Waals surface area contributed by atoms with Gasteiger partial charge >= 0.3 is 0 Å². The Morgan fingerprint density at radius 3 is 2.93 bits per heavy atom. The molecule has 1 aliphatic carbocycles. The Balaban J connectivity index is 1.72. The van der Waals surface area contributed by atoms with Gasteiger partial charge in [-0.1, -0.05) is 18.2 Å². The molecule has 5 heteroatoms.